The Bertz CT molecular complexity index is 1550. The lowest BCUT2D eigenvalue weighted by molar-refractivity contribution is 0.0950. The van der Waals surface area contributed by atoms with E-state index in [0.29, 0.717) is 29.5 Å². The number of nitrogens with one attached hydrogen (secondary N) is 1. The Balaban J connectivity index is 1.16. The molecule has 0 saturated heterocycles. The van der Waals surface area contributed by atoms with Crippen LogP contribution in [0.25, 0.3) is 11.2 Å². The summed E-state index contributed by atoms with van der Waals surface area (Å²) in [7, 11) is 0. The number of fused-ring (bicyclic) bond motifs is 2. The molecule has 5 heterocycles. The quantitative estimate of drug-likeness (QED) is 0.348. The van der Waals surface area contributed by atoms with Crippen LogP contribution in [0.4, 0.5) is 0 Å². The normalized spacial score (nSPS) is 13.7. The smallest absolute Gasteiger partial charge is 0.254 e. The van der Waals surface area contributed by atoms with Crippen LogP contribution >= 0.6 is 11.6 Å². The molecule has 0 atom stereocenters. The third-order valence-corrected chi connectivity index (χ3v) is 6.58. The number of amides is 1. The summed E-state index contributed by atoms with van der Waals surface area (Å²) in [5.41, 5.74) is 6.11. The van der Waals surface area contributed by atoms with Crippen molar-refractivity contribution in [2.45, 2.75) is 38.3 Å². The molecule has 0 unspecified atom stereocenters. The van der Waals surface area contributed by atoms with Crippen LogP contribution in [0.2, 0.25) is 5.02 Å². The lowest BCUT2D eigenvalue weighted by atomic mass is 10.1. The van der Waals surface area contributed by atoms with Gasteiger partial charge in [0.2, 0.25) is 0 Å². The molecule has 35 heavy (non-hydrogen) atoms. The maximum Gasteiger partial charge on any atom is 0.254 e. The van der Waals surface area contributed by atoms with Crippen molar-refractivity contribution in [2.75, 3.05) is 6.61 Å². The summed E-state index contributed by atoms with van der Waals surface area (Å²) < 4.78 is 5.61. The molecule has 0 aliphatic heterocycles. The number of aromatic nitrogens is 6. The Morgan fingerprint density at radius 1 is 1.20 bits per heavy atom. The predicted octanol–water partition coefficient (Wildman–Crippen LogP) is 3.22. The zero-order valence-corrected chi connectivity index (χ0v) is 19.7. The van der Waals surface area contributed by atoms with Gasteiger partial charge in [0.15, 0.2) is 0 Å². The SMILES string of the molecule is O=C(NCc1ncn2ccc(Cl)cc12)c1cnn(Cc2cn3cc(C4CC4)cc(CCO)c3n2)c1. The van der Waals surface area contributed by atoms with Crippen molar-refractivity contribution in [1.29, 1.82) is 0 Å². The van der Waals surface area contributed by atoms with Gasteiger partial charge in [-0.25, -0.2) is 9.97 Å². The number of carbonyl (C=O) groups excluding carboxylic acids is 1. The Kier molecular flexibility index (Phi) is 5.50. The Hall–Kier alpha value is -3.69. The van der Waals surface area contributed by atoms with Crippen molar-refractivity contribution in [3.05, 3.63) is 88.6 Å². The van der Waals surface area contributed by atoms with Crippen molar-refractivity contribution in [2.24, 2.45) is 0 Å². The fourth-order valence-corrected chi connectivity index (χ4v) is 4.58. The molecule has 5 aromatic rings. The number of hydrogen-bond acceptors (Lipinski definition) is 5. The minimum Gasteiger partial charge on any atom is -0.396 e. The summed E-state index contributed by atoms with van der Waals surface area (Å²) >= 11 is 6.09. The van der Waals surface area contributed by atoms with E-state index in [2.05, 4.69) is 27.7 Å². The molecule has 10 heteroatoms. The van der Waals surface area contributed by atoms with E-state index in [9.17, 15) is 9.90 Å². The molecular weight excluding hydrogens is 466 g/mol. The molecule has 0 aromatic carbocycles. The standard InChI is InChI=1S/C25H24ClN7O2/c26-20-3-5-31-15-28-22(23(31)8-20)10-27-25(35)19-9-29-33(12-19)14-21-13-32-11-18(16-1-2-16)7-17(4-6-34)24(32)30-21/h3,5,7-9,11-13,15-16,34H,1-2,4,6,10,14H2,(H,27,35). The van der Waals surface area contributed by atoms with Gasteiger partial charge in [-0.2, -0.15) is 5.10 Å². The van der Waals surface area contributed by atoms with Crippen LogP contribution in [-0.4, -0.2) is 46.2 Å². The fraction of sp³-hybridized carbons (Fsp3) is 0.280. The highest BCUT2D eigenvalue weighted by atomic mass is 35.5. The van der Waals surface area contributed by atoms with E-state index in [-0.39, 0.29) is 19.1 Å². The van der Waals surface area contributed by atoms with Crippen LogP contribution in [0.15, 0.2) is 55.5 Å². The lowest BCUT2D eigenvalue weighted by Crippen LogP contribution is -2.22. The minimum absolute atomic E-state index is 0.0887. The zero-order chi connectivity index (χ0) is 23.9. The number of pyridine rings is 2. The van der Waals surface area contributed by atoms with E-state index in [0.717, 1.165) is 28.1 Å². The molecular formula is C25H24ClN7O2. The van der Waals surface area contributed by atoms with Gasteiger partial charge in [-0.15, -0.1) is 0 Å². The minimum atomic E-state index is -0.228. The first kappa shape index (κ1) is 21.8. The van der Waals surface area contributed by atoms with Crippen molar-refractivity contribution in [1.82, 2.24) is 33.9 Å². The highest BCUT2D eigenvalue weighted by molar-refractivity contribution is 6.30. The summed E-state index contributed by atoms with van der Waals surface area (Å²) in [6.45, 7) is 0.812. The fourth-order valence-electron chi connectivity index (χ4n) is 4.42. The highest BCUT2D eigenvalue weighted by Crippen LogP contribution is 2.40. The van der Waals surface area contributed by atoms with Crippen molar-refractivity contribution >= 4 is 28.7 Å². The van der Waals surface area contributed by atoms with Gasteiger partial charge in [-0.05, 0) is 48.4 Å². The van der Waals surface area contributed by atoms with E-state index in [1.165, 1.54) is 18.4 Å². The first-order valence-corrected chi connectivity index (χ1v) is 12.0. The van der Waals surface area contributed by atoms with Crippen molar-refractivity contribution < 1.29 is 9.90 Å². The third kappa shape index (κ3) is 4.40. The molecule has 1 fully saturated rings. The van der Waals surface area contributed by atoms with Crippen molar-refractivity contribution in [3.63, 3.8) is 0 Å². The van der Waals surface area contributed by atoms with E-state index in [4.69, 9.17) is 16.6 Å². The number of aliphatic hydroxyl groups is 1. The predicted molar refractivity (Wildman–Crippen MR) is 131 cm³/mol. The van der Waals surface area contributed by atoms with Gasteiger partial charge in [0.25, 0.3) is 5.91 Å². The van der Waals surface area contributed by atoms with Crippen LogP contribution < -0.4 is 5.32 Å². The summed E-state index contributed by atoms with van der Waals surface area (Å²) in [4.78, 5) is 21.8. The second-order valence-corrected chi connectivity index (χ2v) is 9.38. The number of hydrogen-bond donors (Lipinski definition) is 2. The highest BCUT2D eigenvalue weighted by Gasteiger charge is 2.25. The molecule has 1 aliphatic rings. The molecule has 9 nitrogen and oxygen atoms in total. The monoisotopic (exact) mass is 489 g/mol. The van der Waals surface area contributed by atoms with Gasteiger partial charge in [0, 0.05) is 36.4 Å². The molecule has 1 saturated carbocycles. The van der Waals surface area contributed by atoms with E-state index in [1.54, 1.807) is 29.5 Å². The van der Waals surface area contributed by atoms with Crippen LogP contribution in [0, 0.1) is 0 Å². The second-order valence-electron chi connectivity index (χ2n) is 8.95. The first-order valence-electron chi connectivity index (χ1n) is 11.6. The molecule has 178 valence electrons. The van der Waals surface area contributed by atoms with Crippen LogP contribution in [0.1, 0.15) is 51.6 Å². The molecule has 1 aliphatic carbocycles. The molecule has 5 aromatic heterocycles. The molecule has 0 radical (unpaired) electrons. The van der Waals surface area contributed by atoms with Crippen LogP contribution in [0.3, 0.4) is 0 Å². The number of imidazole rings is 2. The second kappa shape index (κ2) is 8.83. The largest absolute Gasteiger partial charge is 0.396 e. The average Bonchev–Trinajstić information content (AvgIpc) is 3.26. The number of carbonyl (C=O) groups is 1. The topological polar surface area (TPSA) is 102 Å². The summed E-state index contributed by atoms with van der Waals surface area (Å²) in [6, 6.07) is 5.78. The summed E-state index contributed by atoms with van der Waals surface area (Å²) in [5.74, 6) is 0.390. The van der Waals surface area contributed by atoms with Crippen molar-refractivity contribution in [3.8, 4) is 0 Å². The van der Waals surface area contributed by atoms with Gasteiger partial charge in [0.1, 0.15) is 5.65 Å². The number of aliphatic hydroxyl groups excluding tert-OH is 1. The number of halogens is 1. The Labute approximate surface area is 206 Å². The maximum atomic E-state index is 12.7. The maximum absolute atomic E-state index is 12.7. The lowest BCUT2D eigenvalue weighted by Gasteiger charge is -2.06. The molecule has 0 bridgehead atoms. The number of nitrogens with zero attached hydrogens (tertiary/aromatic N) is 6. The van der Waals surface area contributed by atoms with E-state index < -0.39 is 0 Å². The summed E-state index contributed by atoms with van der Waals surface area (Å²) in [6.07, 6.45) is 13.9. The van der Waals surface area contributed by atoms with Gasteiger partial charge in [-0.3, -0.25) is 9.48 Å². The van der Waals surface area contributed by atoms with Gasteiger partial charge >= 0.3 is 0 Å². The Morgan fingerprint density at radius 2 is 2.09 bits per heavy atom. The average molecular weight is 490 g/mol. The first-order chi connectivity index (χ1) is 17.1. The van der Waals surface area contributed by atoms with Gasteiger partial charge < -0.3 is 19.2 Å². The van der Waals surface area contributed by atoms with E-state index in [1.807, 2.05) is 27.3 Å². The number of rotatable bonds is 8. The Morgan fingerprint density at radius 3 is 2.91 bits per heavy atom. The van der Waals surface area contributed by atoms with Gasteiger partial charge in [0.05, 0.1) is 48.1 Å². The third-order valence-electron chi connectivity index (χ3n) is 6.34. The molecule has 0 spiro atoms. The molecule has 6 rings (SSSR count). The van der Waals surface area contributed by atoms with Gasteiger partial charge in [-0.1, -0.05) is 17.7 Å². The van der Waals surface area contributed by atoms with E-state index >= 15 is 0 Å². The van der Waals surface area contributed by atoms with Crippen LogP contribution in [0.5, 0.6) is 0 Å². The zero-order valence-electron chi connectivity index (χ0n) is 18.9. The summed E-state index contributed by atoms with van der Waals surface area (Å²) in [5, 5.41) is 17.4. The molecule has 1 amide bonds. The molecule has 2 N–H and O–H groups in total. The van der Waals surface area contributed by atoms with Crippen LogP contribution in [-0.2, 0) is 19.5 Å².